The highest BCUT2D eigenvalue weighted by Gasteiger charge is 2.21. The molecule has 3 heteroatoms. The average molecular weight is 289 g/mol. The first-order valence-corrected chi connectivity index (χ1v) is 8.22. The molecule has 1 aliphatic heterocycles. The summed E-state index contributed by atoms with van der Waals surface area (Å²) in [5.74, 6) is 0.729. The smallest absolute Gasteiger partial charge is 0.0345 e. The minimum atomic E-state index is 0.629. The summed E-state index contributed by atoms with van der Waals surface area (Å²) < 4.78 is 0. The van der Waals surface area contributed by atoms with Crippen LogP contribution in [-0.2, 0) is 13.0 Å². The SMILES string of the molecule is CC(C)Cc1ccc(CNC[C@@H]2CN(C)CCN2C)cc1. The van der Waals surface area contributed by atoms with E-state index in [1.165, 1.54) is 30.6 Å². The minimum absolute atomic E-state index is 0.629. The van der Waals surface area contributed by atoms with Gasteiger partial charge in [0.25, 0.3) is 0 Å². The summed E-state index contributed by atoms with van der Waals surface area (Å²) >= 11 is 0. The largest absolute Gasteiger partial charge is 0.311 e. The van der Waals surface area contributed by atoms with E-state index in [0.29, 0.717) is 6.04 Å². The number of nitrogens with one attached hydrogen (secondary N) is 1. The molecule has 0 aromatic heterocycles. The molecule has 1 saturated heterocycles. The predicted molar refractivity (Wildman–Crippen MR) is 90.6 cm³/mol. The highest BCUT2D eigenvalue weighted by atomic mass is 15.3. The Labute approximate surface area is 130 Å². The van der Waals surface area contributed by atoms with Gasteiger partial charge in [0.05, 0.1) is 0 Å². The summed E-state index contributed by atoms with van der Waals surface area (Å²) in [5, 5.41) is 3.61. The second kappa shape index (κ2) is 7.92. The van der Waals surface area contributed by atoms with E-state index >= 15 is 0 Å². The number of benzene rings is 1. The Hall–Kier alpha value is -0.900. The normalized spacial score (nSPS) is 21.1. The Morgan fingerprint density at radius 3 is 2.43 bits per heavy atom. The minimum Gasteiger partial charge on any atom is -0.311 e. The second-order valence-electron chi connectivity index (χ2n) is 6.94. The van der Waals surface area contributed by atoms with Gasteiger partial charge in [-0.2, -0.15) is 0 Å². The van der Waals surface area contributed by atoms with Gasteiger partial charge in [-0.3, -0.25) is 4.90 Å². The highest BCUT2D eigenvalue weighted by Crippen LogP contribution is 2.10. The van der Waals surface area contributed by atoms with Crippen molar-refractivity contribution in [2.45, 2.75) is 32.9 Å². The maximum atomic E-state index is 3.61. The molecule has 0 spiro atoms. The van der Waals surface area contributed by atoms with Crippen molar-refractivity contribution in [3.8, 4) is 0 Å². The number of nitrogens with zero attached hydrogens (tertiary/aromatic N) is 2. The quantitative estimate of drug-likeness (QED) is 0.866. The predicted octanol–water partition coefficient (Wildman–Crippen LogP) is 2.22. The molecule has 0 saturated carbocycles. The number of likely N-dealkylation sites (N-methyl/N-ethyl adjacent to an activating group) is 2. The molecule has 0 radical (unpaired) electrons. The van der Waals surface area contributed by atoms with E-state index in [1.54, 1.807) is 0 Å². The lowest BCUT2D eigenvalue weighted by Crippen LogP contribution is -2.53. The third kappa shape index (κ3) is 5.42. The number of rotatable bonds is 6. The van der Waals surface area contributed by atoms with Crippen LogP contribution >= 0.6 is 0 Å². The van der Waals surface area contributed by atoms with Gasteiger partial charge in [-0.15, -0.1) is 0 Å². The van der Waals surface area contributed by atoms with Crippen LogP contribution in [0.3, 0.4) is 0 Å². The molecule has 1 N–H and O–H groups in total. The third-order valence-corrected chi connectivity index (χ3v) is 4.36. The third-order valence-electron chi connectivity index (χ3n) is 4.36. The maximum absolute atomic E-state index is 3.61. The molecule has 0 unspecified atom stereocenters. The fourth-order valence-corrected chi connectivity index (χ4v) is 2.97. The lowest BCUT2D eigenvalue weighted by Gasteiger charge is -2.37. The van der Waals surface area contributed by atoms with E-state index in [0.717, 1.165) is 25.6 Å². The van der Waals surface area contributed by atoms with Gasteiger partial charge in [-0.05, 0) is 37.6 Å². The van der Waals surface area contributed by atoms with E-state index in [9.17, 15) is 0 Å². The zero-order chi connectivity index (χ0) is 15.2. The molecule has 118 valence electrons. The van der Waals surface area contributed by atoms with Crippen molar-refractivity contribution < 1.29 is 0 Å². The van der Waals surface area contributed by atoms with Crippen molar-refractivity contribution in [2.75, 3.05) is 40.3 Å². The Bertz CT molecular complexity index is 413. The van der Waals surface area contributed by atoms with Crippen molar-refractivity contribution in [1.82, 2.24) is 15.1 Å². The summed E-state index contributed by atoms with van der Waals surface area (Å²) in [6, 6.07) is 9.71. The molecule has 0 aliphatic carbocycles. The van der Waals surface area contributed by atoms with Gasteiger partial charge in [0.2, 0.25) is 0 Å². The molecule has 1 aliphatic rings. The molecule has 21 heavy (non-hydrogen) atoms. The standard InChI is InChI=1S/C18H31N3/c1-15(2)11-16-5-7-17(8-6-16)12-19-13-18-14-20(3)9-10-21(18)4/h5-8,15,18-19H,9-14H2,1-4H3/t18-/m1/s1. The first kappa shape index (κ1) is 16.5. The van der Waals surface area contributed by atoms with Crippen molar-refractivity contribution in [3.63, 3.8) is 0 Å². The average Bonchev–Trinajstić information content (AvgIpc) is 2.44. The topological polar surface area (TPSA) is 18.5 Å². The summed E-state index contributed by atoms with van der Waals surface area (Å²) in [7, 11) is 4.45. The first-order chi connectivity index (χ1) is 10.0. The number of hydrogen-bond acceptors (Lipinski definition) is 3. The summed E-state index contributed by atoms with van der Waals surface area (Å²) in [4.78, 5) is 4.89. The van der Waals surface area contributed by atoms with Crippen LogP contribution in [0.4, 0.5) is 0 Å². The molecule has 3 nitrogen and oxygen atoms in total. The van der Waals surface area contributed by atoms with Gasteiger partial charge in [0.15, 0.2) is 0 Å². The Morgan fingerprint density at radius 2 is 1.76 bits per heavy atom. The van der Waals surface area contributed by atoms with Crippen LogP contribution in [0.1, 0.15) is 25.0 Å². The van der Waals surface area contributed by atoms with E-state index in [-0.39, 0.29) is 0 Å². The molecule has 1 fully saturated rings. The van der Waals surface area contributed by atoms with Gasteiger partial charge < -0.3 is 10.2 Å². The van der Waals surface area contributed by atoms with E-state index in [2.05, 4.69) is 67.3 Å². The summed E-state index contributed by atoms with van der Waals surface area (Å²) in [6.07, 6.45) is 1.17. The van der Waals surface area contributed by atoms with Crippen molar-refractivity contribution in [3.05, 3.63) is 35.4 Å². The van der Waals surface area contributed by atoms with Gasteiger partial charge in [0, 0.05) is 38.8 Å². The second-order valence-corrected chi connectivity index (χ2v) is 6.94. The van der Waals surface area contributed by atoms with Gasteiger partial charge in [-0.25, -0.2) is 0 Å². The van der Waals surface area contributed by atoms with Crippen LogP contribution in [0.15, 0.2) is 24.3 Å². The summed E-state index contributed by atoms with van der Waals surface area (Å²) in [6.45, 7) is 10.1. The van der Waals surface area contributed by atoms with E-state index < -0.39 is 0 Å². The Morgan fingerprint density at radius 1 is 1.10 bits per heavy atom. The lowest BCUT2D eigenvalue weighted by atomic mass is 10.0. The molecule has 0 bridgehead atoms. The fourth-order valence-electron chi connectivity index (χ4n) is 2.97. The molecule has 1 aromatic rings. The van der Waals surface area contributed by atoms with E-state index in [4.69, 9.17) is 0 Å². The number of hydrogen-bond donors (Lipinski definition) is 1. The fraction of sp³-hybridized carbons (Fsp3) is 0.667. The molecule has 1 atom stereocenters. The zero-order valence-electron chi connectivity index (χ0n) is 14.1. The molecular weight excluding hydrogens is 258 g/mol. The van der Waals surface area contributed by atoms with Crippen molar-refractivity contribution >= 4 is 0 Å². The summed E-state index contributed by atoms with van der Waals surface area (Å²) in [5.41, 5.74) is 2.83. The molecule has 2 rings (SSSR count). The van der Waals surface area contributed by atoms with Crippen LogP contribution in [-0.4, -0.2) is 56.1 Å². The van der Waals surface area contributed by atoms with Crippen LogP contribution < -0.4 is 5.32 Å². The van der Waals surface area contributed by atoms with Crippen LogP contribution in [0.25, 0.3) is 0 Å². The molecule has 0 amide bonds. The van der Waals surface area contributed by atoms with Gasteiger partial charge in [0.1, 0.15) is 0 Å². The monoisotopic (exact) mass is 289 g/mol. The Kier molecular flexibility index (Phi) is 6.22. The van der Waals surface area contributed by atoms with Crippen LogP contribution in [0.2, 0.25) is 0 Å². The maximum Gasteiger partial charge on any atom is 0.0345 e. The lowest BCUT2D eigenvalue weighted by molar-refractivity contribution is 0.113. The highest BCUT2D eigenvalue weighted by molar-refractivity contribution is 5.22. The first-order valence-electron chi connectivity index (χ1n) is 8.22. The van der Waals surface area contributed by atoms with Crippen molar-refractivity contribution in [1.29, 1.82) is 0 Å². The van der Waals surface area contributed by atoms with Crippen molar-refractivity contribution in [2.24, 2.45) is 5.92 Å². The number of piperazine rings is 1. The van der Waals surface area contributed by atoms with Gasteiger partial charge in [-0.1, -0.05) is 38.1 Å². The van der Waals surface area contributed by atoms with Crippen LogP contribution in [0, 0.1) is 5.92 Å². The molecule has 1 aromatic carbocycles. The molecular formula is C18H31N3. The van der Waals surface area contributed by atoms with Gasteiger partial charge >= 0.3 is 0 Å². The van der Waals surface area contributed by atoms with Crippen LogP contribution in [0.5, 0.6) is 0 Å². The zero-order valence-corrected chi connectivity index (χ0v) is 14.1. The molecule has 1 heterocycles. The Balaban J connectivity index is 1.75. The van der Waals surface area contributed by atoms with E-state index in [1.807, 2.05) is 0 Å².